The van der Waals surface area contributed by atoms with Crippen molar-refractivity contribution in [2.75, 3.05) is 13.2 Å². The standard InChI is InChI=1S/C21H21N5O3.ClH/c1-13-20(21(27)23-10-14-2-3-15-11-22-12-16(15)8-14)24-25-26(13)17-4-5-18-19(9-17)29-7-6-28-18;/h2-5,8-9,22H,6-7,10-12H2,1H3,(H,23,27);1H. The molecule has 0 unspecified atom stereocenters. The van der Waals surface area contributed by atoms with Gasteiger partial charge < -0.3 is 20.1 Å². The van der Waals surface area contributed by atoms with Crippen molar-refractivity contribution in [3.63, 3.8) is 0 Å². The second-order valence-corrected chi connectivity index (χ2v) is 7.15. The van der Waals surface area contributed by atoms with Crippen molar-refractivity contribution in [2.45, 2.75) is 26.6 Å². The van der Waals surface area contributed by atoms with Crippen LogP contribution in [0.5, 0.6) is 11.5 Å². The van der Waals surface area contributed by atoms with Gasteiger partial charge in [0.15, 0.2) is 17.2 Å². The lowest BCUT2D eigenvalue weighted by Gasteiger charge is -2.18. The van der Waals surface area contributed by atoms with Crippen molar-refractivity contribution < 1.29 is 14.3 Å². The largest absolute Gasteiger partial charge is 0.486 e. The highest BCUT2D eigenvalue weighted by molar-refractivity contribution is 5.93. The lowest BCUT2D eigenvalue weighted by Crippen LogP contribution is -2.24. The molecule has 2 N–H and O–H groups in total. The van der Waals surface area contributed by atoms with Crippen LogP contribution < -0.4 is 20.1 Å². The Balaban J connectivity index is 0.00000218. The van der Waals surface area contributed by atoms with Crippen molar-refractivity contribution in [1.82, 2.24) is 25.6 Å². The molecule has 0 spiro atoms. The predicted octanol–water partition coefficient (Wildman–Crippen LogP) is 2.30. The third-order valence-corrected chi connectivity index (χ3v) is 5.23. The zero-order valence-electron chi connectivity index (χ0n) is 16.5. The molecule has 0 saturated heterocycles. The monoisotopic (exact) mass is 427 g/mol. The summed E-state index contributed by atoms with van der Waals surface area (Å²) < 4.78 is 12.8. The quantitative estimate of drug-likeness (QED) is 0.664. The van der Waals surface area contributed by atoms with Crippen LogP contribution in [0.4, 0.5) is 0 Å². The third-order valence-electron chi connectivity index (χ3n) is 5.23. The molecule has 9 heteroatoms. The number of carbonyl (C=O) groups excluding carboxylic acids is 1. The number of hydrogen-bond acceptors (Lipinski definition) is 6. The van der Waals surface area contributed by atoms with Gasteiger partial charge in [0.25, 0.3) is 5.91 Å². The van der Waals surface area contributed by atoms with E-state index in [-0.39, 0.29) is 18.3 Å². The number of nitrogens with one attached hydrogen (secondary N) is 2. The van der Waals surface area contributed by atoms with E-state index in [4.69, 9.17) is 9.47 Å². The van der Waals surface area contributed by atoms with Crippen LogP contribution in [-0.2, 0) is 19.6 Å². The minimum atomic E-state index is -0.245. The van der Waals surface area contributed by atoms with Gasteiger partial charge in [0, 0.05) is 25.7 Å². The summed E-state index contributed by atoms with van der Waals surface area (Å²) in [5, 5.41) is 14.5. The first-order chi connectivity index (χ1) is 14.2. The van der Waals surface area contributed by atoms with Gasteiger partial charge in [-0.15, -0.1) is 17.5 Å². The number of benzene rings is 2. The van der Waals surface area contributed by atoms with Gasteiger partial charge in [-0.05, 0) is 35.7 Å². The molecular formula is C21H22ClN5O3. The number of carbonyl (C=O) groups is 1. The second kappa shape index (κ2) is 8.33. The molecule has 2 aliphatic rings. The Labute approximate surface area is 180 Å². The summed E-state index contributed by atoms with van der Waals surface area (Å²) in [5.41, 5.74) is 5.41. The fraction of sp³-hybridized carbons (Fsp3) is 0.286. The van der Waals surface area contributed by atoms with E-state index in [1.165, 1.54) is 11.1 Å². The number of nitrogens with zero attached hydrogens (tertiary/aromatic N) is 3. The summed E-state index contributed by atoms with van der Waals surface area (Å²) in [7, 11) is 0. The second-order valence-electron chi connectivity index (χ2n) is 7.15. The summed E-state index contributed by atoms with van der Waals surface area (Å²) >= 11 is 0. The topological polar surface area (TPSA) is 90.3 Å². The van der Waals surface area contributed by atoms with Gasteiger partial charge in [-0.3, -0.25) is 4.79 Å². The van der Waals surface area contributed by atoms with E-state index in [9.17, 15) is 4.79 Å². The molecule has 156 valence electrons. The number of hydrogen-bond donors (Lipinski definition) is 2. The minimum absolute atomic E-state index is 0. The Kier molecular flexibility index (Phi) is 5.61. The summed E-state index contributed by atoms with van der Waals surface area (Å²) in [6, 6.07) is 11.8. The molecule has 0 fully saturated rings. The highest BCUT2D eigenvalue weighted by atomic mass is 35.5. The van der Waals surface area contributed by atoms with Crippen LogP contribution in [0, 0.1) is 6.92 Å². The number of ether oxygens (including phenoxy) is 2. The van der Waals surface area contributed by atoms with Crippen molar-refractivity contribution in [3.05, 3.63) is 64.5 Å². The first kappa shape index (κ1) is 20.2. The van der Waals surface area contributed by atoms with Crippen LogP contribution in [0.15, 0.2) is 36.4 Å². The maximum absolute atomic E-state index is 12.7. The van der Waals surface area contributed by atoms with E-state index in [2.05, 4.69) is 33.1 Å². The number of aromatic nitrogens is 3. The number of fused-ring (bicyclic) bond motifs is 2. The Morgan fingerprint density at radius 1 is 1.10 bits per heavy atom. The molecule has 0 aliphatic carbocycles. The maximum Gasteiger partial charge on any atom is 0.274 e. The highest BCUT2D eigenvalue weighted by Gasteiger charge is 2.19. The molecule has 2 aliphatic heterocycles. The lowest BCUT2D eigenvalue weighted by molar-refractivity contribution is 0.0945. The maximum atomic E-state index is 12.7. The molecule has 2 aromatic carbocycles. The lowest BCUT2D eigenvalue weighted by atomic mass is 10.1. The first-order valence-corrected chi connectivity index (χ1v) is 9.61. The van der Waals surface area contributed by atoms with Crippen LogP contribution in [-0.4, -0.2) is 34.1 Å². The molecule has 3 aromatic rings. The molecule has 1 aromatic heterocycles. The molecule has 8 nitrogen and oxygen atoms in total. The summed E-state index contributed by atoms with van der Waals surface area (Å²) in [6.45, 7) is 5.11. The Morgan fingerprint density at radius 2 is 1.90 bits per heavy atom. The van der Waals surface area contributed by atoms with Crippen molar-refractivity contribution in [2.24, 2.45) is 0 Å². The minimum Gasteiger partial charge on any atom is -0.486 e. The molecule has 0 atom stereocenters. The smallest absolute Gasteiger partial charge is 0.274 e. The van der Waals surface area contributed by atoms with E-state index in [1.54, 1.807) is 4.68 Å². The average Bonchev–Trinajstić information content (AvgIpc) is 3.37. The van der Waals surface area contributed by atoms with E-state index in [0.29, 0.717) is 42.6 Å². The molecule has 5 rings (SSSR count). The van der Waals surface area contributed by atoms with E-state index in [1.807, 2.05) is 31.2 Å². The van der Waals surface area contributed by atoms with Crippen molar-refractivity contribution in [1.29, 1.82) is 0 Å². The molecule has 0 saturated carbocycles. The molecule has 1 amide bonds. The average molecular weight is 428 g/mol. The van der Waals surface area contributed by atoms with E-state index < -0.39 is 0 Å². The van der Waals surface area contributed by atoms with Crippen LogP contribution in [0.3, 0.4) is 0 Å². The Morgan fingerprint density at radius 3 is 2.77 bits per heavy atom. The third kappa shape index (κ3) is 3.71. The van der Waals surface area contributed by atoms with Gasteiger partial charge in [-0.2, -0.15) is 0 Å². The number of rotatable bonds is 4. The van der Waals surface area contributed by atoms with Crippen LogP contribution in [0.25, 0.3) is 5.69 Å². The van der Waals surface area contributed by atoms with Crippen LogP contribution in [0.2, 0.25) is 0 Å². The fourth-order valence-electron chi connectivity index (χ4n) is 3.67. The Hall–Kier alpha value is -3.10. The van der Waals surface area contributed by atoms with Crippen molar-refractivity contribution in [3.8, 4) is 17.2 Å². The molecule has 30 heavy (non-hydrogen) atoms. The SMILES string of the molecule is Cc1c(C(=O)NCc2ccc3c(c2)CNC3)nnn1-c1ccc2c(c1)OCCO2.Cl. The normalized spacial score (nSPS) is 14.0. The molecule has 3 heterocycles. The summed E-state index contributed by atoms with van der Waals surface area (Å²) in [5.74, 6) is 1.13. The Bertz CT molecular complexity index is 1100. The fourth-order valence-corrected chi connectivity index (χ4v) is 3.67. The van der Waals surface area contributed by atoms with Crippen molar-refractivity contribution >= 4 is 18.3 Å². The zero-order chi connectivity index (χ0) is 19.8. The van der Waals surface area contributed by atoms with Gasteiger partial charge in [0.1, 0.15) is 13.2 Å². The molecule has 0 radical (unpaired) electrons. The number of halogens is 1. The highest BCUT2D eigenvalue weighted by Crippen LogP contribution is 2.32. The van der Waals surface area contributed by atoms with Gasteiger partial charge in [0.05, 0.1) is 11.4 Å². The molecular weight excluding hydrogens is 406 g/mol. The van der Waals surface area contributed by atoms with Gasteiger partial charge in [0.2, 0.25) is 0 Å². The van der Waals surface area contributed by atoms with Gasteiger partial charge >= 0.3 is 0 Å². The van der Waals surface area contributed by atoms with Gasteiger partial charge in [-0.25, -0.2) is 4.68 Å². The summed E-state index contributed by atoms with van der Waals surface area (Å²) in [4.78, 5) is 12.7. The number of amides is 1. The first-order valence-electron chi connectivity index (χ1n) is 9.61. The van der Waals surface area contributed by atoms with Gasteiger partial charge in [-0.1, -0.05) is 23.4 Å². The van der Waals surface area contributed by atoms with Crippen LogP contribution >= 0.6 is 12.4 Å². The summed E-state index contributed by atoms with van der Waals surface area (Å²) in [6.07, 6.45) is 0. The predicted molar refractivity (Wildman–Crippen MR) is 112 cm³/mol. The zero-order valence-corrected chi connectivity index (χ0v) is 17.3. The van der Waals surface area contributed by atoms with E-state index >= 15 is 0 Å². The van der Waals surface area contributed by atoms with Crippen LogP contribution in [0.1, 0.15) is 32.9 Å². The molecule has 0 bridgehead atoms. The van der Waals surface area contributed by atoms with E-state index in [0.717, 1.165) is 24.3 Å².